The van der Waals surface area contributed by atoms with E-state index in [-0.39, 0.29) is 10.6 Å². The van der Waals surface area contributed by atoms with E-state index in [2.05, 4.69) is 15.9 Å². The lowest BCUT2D eigenvalue weighted by Crippen LogP contribution is -2.13. The van der Waals surface area contributed by atoms with Crippen LogP contribution in [-0.2, 0) is 0 Å². The van der Waals surface area contributed by atoms with Gasteiger partial charge in [0.1, 0.15) is 11.7 Å². The van der Waals surface area contributed by atoms with E-state index in [4.69, 9.17) is 11.6 Å². The Kier molecular flexibility index (Phi) is 4.76. The Morgan fingerprint density at radius 3 is 2.67 bits per heavy atom. The largest absolute Gasteiger partial charge is 0.292 e. The predicted molar refractivity (Wildman–Crippen MR) is 83.0 cm³/mol. The average Bonchev–Trinajstić information content (AvgIpc) is 2.41. The summed E-state index contributed by atoms with van der Waals surface area (Å²) >= 11 is 9.25. The van der Waals surface area contributed by atoms with Gasteiger partial charge in [-0.2, -0.15) is 5.26 Å². The first-order chi connectivity index (χ1) is 9.93. The van der Waals surface area contributed by atoms with Crippen LogP contribution in [0, 0.1) is 24.1 Å². The van der Waals surface area contributed by atoms with Crippen molar-refractivity contribution in [2.75, 3.05) is 0 Å². The van der Waals surface area contributed by atoms with Crippen molar-refractivity contribution in [1.82, 2.24) is 0 Å². The van der Waals surface area contributed by atoms with E-state index in [0.29, 0.717) is 5.56 Å². The van der Waals surface area contributed by atoms with E-state index < -0.39 is 17.5 Å². The molecule has 0 fully saturated rings. The molecule has 0 amide bonds. The standard InChI is InChI=1S/C16H10BrClFNO/c1-9-5-10(7-11(17)6-9)16(21)12(8-20)15-13(18)3-2-4-14(15)19/h2-7,12H,1H3. The number of benzene rings is 2. The Balaban J connectivity index is 2.52. The van der Waals surface area contributed by atoms with Gasteiger partial charge in [-0.3, -0.25) is 4.79 Å². The van der Waals surface area contributed by atoms with Crippen LogP contribution in [0.1, 0.15) is 27.4 Å². The van der Waals surface area contributed by atoms with Gasteiger partial charge in [-0.15, -0.1) is 0 Å². The second kappa shape index (κ2) is 6.38. The molecule has 0 aromatic heterocycles. The average molecular weight is 367 g/mol. The predicted octanol–water partition coefficient (Wildman–Crippen LogP) is 5.04. The van der Waals surface area contributed by atoms with Crippen LogP contribution in [0.4, 0.5) is 4.39 Å². The highest BCUT2D eigenvalue weighted by atomic mass is 79.9. The molecule has 1 atom stereocenters. The van der Waals surface area contributed by atoms with Gasteiger partial charge in [0.15, 0.2) is 5.78 Å². The Hall–Kier alpha value is -1.70. The fraction of sp³-hybridized carbons (Fsp3) is 0.125. The summed E-state index contributed by atoms with van der Waals surface area (Å²) in [7, 11) is 0. The monoisotopic (exact) mass is 365 g/mol. The first kappa shape index (κ1) is 15.7. The first-order valence-electron chi connectivity index (χ1n) is 6.09. The minimum absolute atomic E-state index is 0.0709. The fourth-order valence-electron chi connectivity index (χ4n) is 2.09. The van der Waals surface area contributed by atoms with E-state index in [0.717, 1.165) is 10.0 Å². The summed E-state index contributed by atoms with van der Waals surface area (Å²) in [5.74, 6) is -2.41. The number of nitrogens with zero attached hydrogens (tertiary/aromatic N) is 1. The summed E-state index contributed by atoms with van der Waals surface area (Å²) in [6.07, 6.45) is 0. The Labute approximate surface area is 135 Å². The lowest BCUT2D eigenvalue weighted by Gasteiger charge is -2.12. The lowest BCUT2D eigenvalue weighted by molar-refractivity contribution is 0.0977. The summed E-state index contributed by atoms with van der Waals surface area (Å²) in [6.45, 7) is 1.83. The van der Waals surface area contributed by atoms with Crippen molar-refractivity contribution in [3.63, 3.8) is 0 Å². The molecule has 21 heavy (non-hydrogen) atoms. The van der Waals surface area contributed by atoms with Crippen molar-refractivity contribution < 1.29 is 9.18 Å². The Bertz CT molecular complexity index is 714. The van der Waals surface area contributed by atoms with Crippen LogP contribution >= 0.6 is 27.5 Å². The van der Waals surface area contributed by atoms with Gasteiger partial charge in [0, 0.05) is 20.6 Å². The Morgan fingerprint density at radius 1 is 1.38 bits per heavy atom. The van der Waals surface area contributed by atoms with Crippen molar-refractivity contribution >= 4 is 33.3 Å². The van der Waals surface area contributed by atoms with E-state index in [1.165, 1.54) is 18.2 Å². The van der Waals surface area contributed by atoms with Crippen LogP contribution in [0.3, 0.4) is 0 Å². The van der Waals surface area contributed by atoms with Gasteiger partial charge in [0.05, 0.1) is 6.07 Å². The molecule has 2 aromatic carbocycles. The zero-order valence-electron chi connectivity index (χ0n) is 11.0. The minimum Gasteiger partial charge on any atom is -0.292 e. The molecule has 0 heterocycles. The van der Waals surface area contributed by atoms with Crippen molar-refractivity contribution in [1.29, 1.82) is 5.26 Å². The SMILES string of the molecule is Cc1cc(Br)cc(C(=O)C(C#N)c2c(F)cccc2Cl)c1. The molecule has 0 aliphatic heterocycles. The maximum atomic E-state index is 13.9. The van der Waals surface area contributed by atoms with Crippen molar-refractivity contribution in [3.05, 3.63) is 68.4 Å². The highest BCUT2D eigenvalue weighted by molar-refractivity contribution is 9.10. The zero-order chi connectivity index (χ0) is 15.6. The molecule has 0 radical (unpaired) electrons. The molecular weight excluding hydrogens is 357 g/mol. The topological polar surface area (TPSA) is 40.9 Å². The quantitative estimate of drug-likeness (QED) is 0.714. The third kappa shape index (κ3) is 3.31. The summed E-state index contributed by atoms with van der Waals surface area (Å²) in [4.78, 5) is 12.5. The van der Waals surface area contributed by atoms with Crippen LogP contribution in [0.15, 0.2) is 40.9 Å². The molecule has 0 saturated carbocycles. The molecule has 1 unspecified atom stereocenters. The van der Waals surface area contributed by atoms with Crippen LogP contribution in [0.5, 0.6) is 0 Å². The van der Waals surface area contributed by atoms with Crippen molar-refractivity contribution in [2.45, 2.75) is 12.8 Å². The minimum atomic E-state index is -1.27. The lowest BCUT2D eigenvalue weighted by atomic mass is 9.91. The van der Waals surface area contributed by atoms with Gasteiger partial charge >= 0.3 is 0 Å². The molecule has 0 N–H and O–H groups in total. The second-order valence-corrected chi connectivity index (χ2v) is 5.90. The van der Waals surface area contributed by atoms with E-state index >= 15 is 0 Å². The van der Waals surface area contributed by atoms with E-state index in [1.807, 2.05) is 19.1 Å². The summed E-state index contributed by atoms with van der Waals surface area (Å²) < 4.78 is 14.6. The van der Waals surface area contributed by atoms with Crippen LogP contribution < -0.4 is 0 Å². The molecule has 106 valence electrons. The van der Waals surface area contributed by atoms with E-state index in [9.17, 15) is 14.4 Å². The number of nitriles is 1. The molecule has 5 heteroatoms. The van der Waals surface area contributed by atoms with Gasteiger partial charge in [0.2, 0.25) is 0 Å². The third-order valence-corrected chi connectivity index (χ3v) is 3.79. The van der Waals surface area contributed by atoms with Crippen molar-refractivity contribution in [2.24, 2.45) is 0 Å². The third-order valence-electron chi connectivity index (χ3n) is 3.01. The van der Waals surface area contributed by atoms with Gasteiger partial charge in [-0.25, -0.2) is 4.39 Å². The number of Topliss-reactive ketones (excluding diaryl/α,β-unsaturated/α-hetero) is 1. The number of halogens is 3. The molecule has 2 nitrogen and oxygen atoms in total. The first-order valence-corrected chi connectivity index (χ1v) is 7.26. The van der Waals surface area contributed by atoms with Crippen LogP contribution in [0.2, 0.25) is 5.02 Å². The molecule has 0 spiro atoms. The number of rotatable bonds is 3. The molecule has 2 aromatic rings. The second-order valence-electron chi connectivity index (χ2n) is 4.58. The molecule has 2 rings (SSSR count). The zero-order valence-corrected chi connectivity index (χ0v) is 13.4. The summed E-state index contributed by atoms with van der Waals surface area (Å²) in [6, 6.07) is 11.0. The maximum Gasteiger partial charge on any atom is 0.184 e. The number of hydrogen-bond acceptors (Lipinski definition) is 2. The van der Waals surface area contributed by atoms with Gasteiger partial charge in [-0.05, 0) is 42.8 Å². The molecule has 0 bridgehead atoms. The fourth-order valence-corrected chi connectivity index (χ4v) is 2.97. The molecule has 0 aliphatic carbocycles. The molecule has 0 aliphatic rings. The number of hydrogen-bond donors (Lipinski definition) is 0. The molecular formula is C16H10BrClFNO. The normalized spacial score (nSPS) is 11.8. The van der Waals surface area contributed by atoms with Gasteiger partial charge in [-0.1, -0.05) is 33.6 Å². The van der Waals surface area contributed by atoms with Crippen molar-refractivity contribution in [3.8, 4) is 6.07 Å². The maximum absolute atomic E-state index is 13.9. The number of aryl methyl sites for hydroxylation is 1. The highest BCUT2D eigenvalue weighted by Crippen LogP contribution is 2.30. The van der Waals surface area contributed by atoms with Crippen LogP contribution in [0.25, 0.3) is 0 Å². The smallest absolute Gasteiger partial charge is 0.184 e. The van der Waals surface area contributed by atoms with Gasteiger partial charge in [0.25, 0.3) is 0 Å². The number of carbonyl (C=O) groups is 1. The summed E-state index contributed by atoms with van der Waals surface area (Å²) in [5, 5.41) is 9.36. The Morgan fingerprint density at radius 2 is 2.10 bits per heavy atom. The van der Waals surface area contributed by atoms with Crippen LogP contribution in [-0.4, -0.2) is 5.78 Å². The summed E-state index contributed by atoms with van der Waals surface area (Å²) in [5.41, 5.74) is 1.13. The highest BCUT2D eigenvalue weighted by Gasteiger charge is 2.27. The number of carbonyl (C=O) groups excluding carboxylic acids is 1. The molecule has 0 saturated heterocycles. The van der Waals surface area contributed by atoms with E-state index in [1.54, 1.807) is 12.1 Å². The number of ketones is 1. The van der Waals surface area contributed by atoms with Gasteiger partial charge < -0.3 is 0 Å².